The minimum atomic E-state index is 0.454. The molecule has 112 valence electrons. The van der Waals surface area contributed by atoms with Crippen LogP contribution in [0.3, 0.4) is 0 Å². The zero-order valence-electron chi connectivity index (χ0n) is 11.8. The number of hydrogen-bond acceptors (Lipinski definition) is 2. The number of anilines is 2. The Balaban J connectivity index is 1.62. The maximum Gasteiger partial charge on any atom is 0.198 e. The number of benzene rings is 2. The summed E-state index contributed by atoms with van der Waals surface area (Å²) in [5, 5.41) is 5.64. The molecule has 0 radical (unpaired) electrons. The fraction of sp³-hybridized carbons (Fsp3) is 0.125. The molecule has 1 heterocycles. The normalized spacial score (nSPS) is 15.7. The molecule has 0 unspecified atom stereocenters. The molecule has 0 bridgehead atoms. The first-order valence-corrected chi connectivity index (χ1v) is 8.14. The minimum Gasteiger partial charge on any atom is -0.331 e. The molecule has 2 aromatic rings. The third-order valence-corrected chi connectivity index (χ3v) is 3.90. The van der Waals surface area contributed by atoms with Gasteiger partial charge in [0.05, 0.1) is 5.69 Å². The average molecular weight is 375 g/mol. The predicted molar refractivity (Wildman–Crippen MR) is 99.3 cm³/mol. The Hall–Kier alpha value is -1.92. The van der Waals surface area contributed by atoms with E-state index in [4.69, 9.17) is 12.2 Å². The lowest BCUT2D eigenvalue weighted by molar-refractivity contribution is 0.858. The topological polar surface area (TPSA) is 39.7 Å². The second kappa shape index (κ2) is 6.89. The number of hydrazine groups is 1. The van der Waals surface area contributed by atoms with Gasteiger partial charge >= 0.3 is 0 Å². The van der Waals surface area contributed by atoms with E-state index in [1.807, 2.05) is 42.5 Å². The molecule has 22 heavy (non-hydrogen) atoms. The van der Waals surface area contributed by atoms with Crippen LogP contribution in [0.5, 0.6) is 0 Å². The fourth-order valence-electron chi connectivity index (χ4n) is 2.21. The van der Waals surface area contributed by atoms with Crippen molar-refractivity contribution in [3.05, 3.63) is 59.1 Å². The molecule has 0 saturated carbocycles. The van der Waals surface area contributed by atoms with Crippen molar-refractivity contribution in [3.63, 3.8) is 0 Å². The molecule has 0 aromatic heterocycles. The highest BCUT2D eigenvalue weighted by Crippen LogP contribution is 2.17. The zero-order chi connectivity index (χ0) is 15.4. The molecule has 3 rings (SSSR count). The van der Waals surface area contributed by atoms with Gasteiger partial charge in [-0.2, -0.15) is 0 Å². The number of nitrogens with zero attached hydrogens (tertiary/aromatic N) is 2. The van der Waals surface area contributed by atoms with Crippen LogP contribution in [0.25, 0.3) is 0 Å². The van der Waals surface area contributed by atoms with Crippen LogP contribution >= 0.6 is 28.1 Å². The number of para-hydroxylation sites is 1. The van der Waals surface area contributed by atoms with Gasteiger partial charge in [0.15, 0.2) is 5.11 Å². The zero-order valence-corrected chi connectivity index (χ0v) is 14.2. The number of nitrogens with one attached hydrogen (secondary N) is 2. The number of thiocarbonyl (C=S) groups is 1. The predicted octanol–water partition coefficient (Wildman–Crippen LogP) is 3.96. The smallest absolute Gasteiger partial charge is 0.198 e. The Labute approximate surface area is 143 Å². The van der Waals surface area contributed by atoms with E-state index in [1.54, 1.807) is 0 Å². The monoisotopic (exact) mass is 374 g/mol. The van der Waals surface area contributed by atoms with Gasteiger partial charge in [0.1, 0.15) is 5.84 Å². The lowest BCUT2D eigenvalue weighted by atomic mass is 10.3. The van der Waals surface area contributed by atoms with Gasteiger partial charge in [-0.1, -0.05) is 40.2 Å². The van der Waals surface area contributed by atoms with Gasteiger partial charge in [-0.3, -0.25) is 10.4 Å². The fourth-order valence-corrected chi connectivity index (χ4v) is 2.84. The maximum absolute atomic E-state index is 5.30. The van der Waals surface area contributed by atoms with Gasteiger partial charge in [-0.05, 0) is 42.5 Å². The molecule has 0 amide bonds. The van der Waals surface area contributed by atoms with E-state index in [-0.39, 0.29) is 0 Å². The first-order chi connectivity index (χ1) is 10.7. The third kappa shape index (κ3) is 3.84. The number of amidine groups is 1. The molecule has 0 spiro atoms. The SMILES string of the molecule is S=C(/N=C1\CCN(c2ccccc2)N1)Nc1cccc(Br)c1. The van der Waals surface area contributed by atoms with Crippen molar-refractivity contribution in [2.45, 2.75) is 6.42 Å². The summed E-state index contributed by atoms with van der Waals surface area (Å²) in [4.78, 5) is 4.45. The molecule has 1 aliphatic rings. The molecular formula is C16H15BrN4S. The van der Waals surface area contributed by atoms with Crippen molar-refractivity contribution in [2.24, 2.45) is 4.99 Å². The van der Waals surface area contributed by atoms with Crippen LogP contribution in [0, 0.1) is 0 Å². The molecule has 0 atom stereocenters. The first-order valence-electron chi connectivity index (χ1n) is 6.94. The van der Waals surface area contributed by atoms with Crippen molar-refractivity contribution in [2.75, 3.05) is 16.9 Å². The van der Waals surface area contributed by atoms with Gasteiger partial charge in [0.25, 0.3) is 0 Å². The summed E-state index contributed by atoms with van der Waals surface area (Å²) < 4.78 is 1.00. The summed E-state index contributed by atoms with van der Waals surface area (Å²) in [6.07, 6.45) is 0.842. The number of aliphatic imine (C=N–C) groups is 1. The Morgan fingerprint density at radius 1 is 1.18 bits per heavy atom. The lowest BCUT2D eigenvalue weighted by Crippen LogP contribution is -2.33. The van der Waals surface area contributed by atoms with Gasteiger partial charge in [-0.15, -0.1) is 0 Å². The molecule has 2 N–H and O–H groups in total. The van der Waals surface area contributed by atoms with Crippen LogP contribution in [0.15, 0.2) is 64.1 Å². The van der Waals surface area contributed by atoms with E-state index in [1.165, 1.54) is 0 Å². The van der Waals surface area contributed by atoms with E-state index in [0.29, 0.717) is 5.11 Å². The summed E-state index contributed by atoms with van der Waals surface area (Å²) in [7, 11) is 0. The maximum atomic E-state index is 5.30. The molecular weight excluding hydrogens is 360 g/mol. The largest absolute Gasteiger partial charge is 0.331 e. The highest BCUT2D eigenvalue weighted by molar-refractivity contribution is 9.10. The second-order valence-electron chi connectivity index (χ2n) is 4.85. The minimum absolute atomic E-state index is 0.454. The van der Waals surface area contributed by atoms with Crippen LogP contribution in [0.4, 0.5) is 11.4 Å². The van der Waals surface area contributed by atoms with Crippen molar-refractivity contribution >= 4 is 50.5 Å². The average Bonchev–Trinajstić information content (AvgIpc) is 2.96. The van der Waals surface area contributed by atoms with E-state index < -0.39 is 0 Å². The van der Waals surface area contributed by atoms with Gasteiger partial charge < -0.3 is 5.32 Å². The van der Waals surface area contributed by atoms with Crippen LogP contribution in [-0.4, -0.2) is 17.5 Å². The Morgan fingerprint density at radius 2 is 2.00 bits per heavy atom. The molecule has 1 fully saturated rings. The summed E-state index contributed by atoms with van der Waals surface area (Å²) >= 11 is 8.73. The van der Waals surface area contributed by atoms with Crippen LogP contribution in [-0.2, 0) is 0 Å². The van der Waals surface area contributed by atoms with E-state index in [2.05, 4.69) is 48.8 Å². The van der Waals surface area contributed by atoms with Gasteiger partial charge in [0.2, 0.25) is 0 Å². The van der Waals surface area contributed by atoms with E-state index >= 15 is 0 Å². The summed E-state index contributed by atoms with van der Waals surface area (Å²) in [6.45, 7) is 0.877. The van der Waals surface area contributed by atoms with Crippen LogP contribution in [0.2, 0.25) is 0 Å². The summed E-state index contributed by atoms with van der Waals surface area (Å²) in [5.74, 6) is 0.872. The van der Waals surface area contributed by atoms with Crippen molar-refractivity contribution < 1.29 is 0 Å². The molecule has 1 saturated heterocycles. The first kappa shape index (κ1) is 15.0. The Kier molecular flexibility index (Phi) is 4.70. The van der Waals surface area contributed by atoms with Crippen LogP contribution < -0.4 is 15.8 Å². The van der Waals surface area contributed by atoms with Crippen LogP contribution in [0.1, 0.15) is 6.42 Å². The van der Waals surface area contributed by atoms with E-state index in [9.17, 15) is 0 Å². The number of hydrogen-bond donors (Lipinski definition) is 2. The number of rotatable bonds is 2. The highest BCUT2D eigenvalue weighted by atomic mass is 79.9. The molecule has 6 heteroatoms. The highest BCUT2D eigenvalue weighted by Gasteiger charge is 2.17. The Morgan fingerprint density at radius 3 is 2.77 bits per heavy atom. The second-order valence-corrected chi connectivity index (χ2v) is 6.15. The number of halogens is 1. The quantitative estimate of drug-likeness (QED) is 0.780. The molecule has 1 aliphatic heterocycles. The molecule has 4 nitrogen and oxygen atoms in total. The van der Waals surface area contributed by atoms with Crippen molar-refractivity contribution in [3.8, 4) is 0 Å². The van der Waals surface area contributed by atoms with Crippen molar-refractivity contribution in [1.82, 2.24) is 5.43 Å². The lowest BCUT2D eigenvalue weighted by Gasteiger charge is -2.17. The van der Waals surface area contributed by atoms with Crippen molar-refractivity contribution in [1.29, 1.82) is 0 Å². The summed E-state index contributed by atoms with van der Waals surface area (Å²) in [5.41, 5.74) is 5.32. The summed E-state index contributed by atoms with van der Waals surface area (Å²) in [6, 6.07) is 18.0. The Bertz CT molecular complexity index is 702. The standard InChI is InChI=1S/C16H15BrN4S/c17-12-5-4-6-13(11-12)18-16(22)19-15-9-10-21(20-15)14-7-2-1-3-8-14/h1-8,11H,9-10H2,(H2,18,19,20,22). The van der Waals surface area contributed by atoms with Gasteiger partial charge in [-0.25, -0.2) is 4.99 Å². The molecule has 0 aliphatic carbocycles. The van der Waals surface area contributed by atoms with Gasteiger partial charge in [0, 0.05) is 23.1 Å². The van der Waals surface area contributed by atoms with E-state index in [0.717, 1.165) is 34.6 Å². The molecule has 2 aromatic carbocycles. The third-order valence-electron chi connectivity index (χ3n) is 3.22.